The van der Waals surface area contributed by atoms with Crippen molar-refractivity contribution in [3.8, 4) is 0 Å². The molecule has 0 radical (unpaired) electrons. The van der Waals surface area contributed by atoms with Crippen LogP contribution < -0.4 is 0 Å². The second-order valence-corrected chi connectivity index (χ2v) is 3.14. The minimum atomic E-state index is 0. The molecule has 82 valence electrons. The van der Waals surface area contributed by atoms with Gasteiger partial charge in [0.05, 0.1) is 0 Å². The second kappa shape index (κ2) is 22.6. The molecule has 0 spiro atoms. The average molecular weight is 186 g/mol. The van der Waals surface area contributed by atoms with Crippen molar-refractivity contribution >= 4 is 0 Å². The van der Waals surface area contributed by atoms with E-state index in [1.165, 1.54) is 38.5 Å². The summed E-state index contributed by atoms with van der Waals surface area (Å²) in [6, 6.07) is 0. The summed E-state index contributed by atoms with van der Waals surface area (Å²) in [5.41, 5.74) is 0. The van der Waals surface area contributed by atoms with Crippen LogP contribution in [0, 0.1) is 0 Å². The van der Waals surface area contributed by atoms with Gasteiger partial charge in [-0.3, -0.25) is 0 Å². The van der Waals surface area contributed by atoms with E-state index in [2.05, 4.69) is 27.4 Å². The van der Waals surface area contributed by atoms with Crippen LogP contribution in [0.25, 0.3) is 0 Å². The van der Waals surface area contributed by atoms with Gasteiger partial charge in [0.1, 0.15) is 0 Å². The molecule has 0 N–H and O–H groups in total. The minimum Gasteiger partial charge on any atom is -0.103 e. The maximum atomic E-state index is 3.55. The molecule has 0 rings (SSSR count). The van der Waals surface area contributed by atoms with E-state index in [1.54, 1.807) is 0 Å². The van der Waals surface area contributed by atoms with Gasteiger partial charge in [-0.2, -0.15) is 0 Å². The molecule has 0 nitrogen and oxygen atoms in total. The molecule has 0 saturated heterocycles. The molecular formula is C13H30. The Bertz CT molecular complexity index is 60.4. The van der Waals surface area contributed by atoms with Crippen molar-refractivity contribution in [2.75, 3.05) is 0 Å². The van der Waals surface area contributed by atoms with Gasteiger partial charge >= 0.3 is 0 Å². The number of rotatable bonds is 6. The molecule has 0 unspecified atom stereocenters. The Kier molecular flexibility index (Phi) is 32.2. The normalized spacial score (nSPS) is 7.92. The number of hydrogen-bond acceptors (Lipinski definition) is 0. The first-order valence-electron chi connectivity index (χ1n) is 5.44. The molecule has 0 bridgehead atoms. The number of unbranched alkanes of at least 4 members (excludes halogenated alkanes) is 5. The maximum Gasteiger partial charge on any atom is -0.0356 e. The molecule has 0 saturated carbocycles. The number of hydrogen-bond donors (Lipinski definition) is 0. The Hall–Kier alpha value is -0.260. The molecule has 0 aliphatic heterocycles. The van der Waals surface area contributed by atoms with Crippen molar-refractivity contribution in [1.82, 2.24) is 0 Å². The van der Waals surface area contributed by atoms with Crippen LogP contribution in [-0.4, -0.2) is 0 Å². The first-order valence-corrected chi connectivity index (χ1v) is 5.44. The van der Waals surface area contributed by atoms with Crippen LogP contribution in [0.4, 0.5) is 0 Å². The topological polar surface area (TPSA) is 0 Å². The number of allylic oxidation sites excluding steroid dienone is 1. The summed E-state index contributed by atoms with van der Waals surface area (Å²) in [5, 5.41) is 0. The molecule has 0 atom stereocenters. The minimum absolute atomic E-state index is 0. The van der Waals surface area contributed by atoms with E-state index in [9.17, 15) is 0 Å². The summed E-state index contributed by atoms with van der Waals surface area (Å²) in [4.78, 5) is 0. The van der Waals surface area contributed by atoms with Gasteiger partial charge in [0.25, 0.3) is 0 Å². The zero-order valence-corrected chi connectivity index (χ0v) is 9.23. The lowest BCUT2D eigenvalue weighted by atomic mass is 10.2. The summed E-state index contributed by atoms with van der Waals surface area (Å²) in [5.74, 6) is 0. The van der Waals surface area contributed by atoms with Crippen molar-refractivity contribution in [2.45, 2.75) is 73.1 Å². The Morgan fingerprint density at radius 2 is 1.31 bits per heavy atom. The van der Waals surface area contributed by atoms with Crippen LogP contribution in [0.3, 0.4) is 0 Å². The zero-order chi connectivity index (χ0) is 9.66. The lowest BCUT2D eigenvalue weighted by Crippen LogP contribution is -1.70. The zero-order valence-electron chi connectivity index (χ0n) is 9.23. The molecular weight excluding hydrogens is 156 g/mol. The van der Waals surface area contributed by atoms with Crippen molar-refractivity contribution < 1.29 is 0 Å². The predicted octanol–water partition coefficient (Wildman–Crippen LogP) is 5.59. The molecule has 13 heavy (non-hydrogen) atoms. The second-order valence-electron chi connectivity index (χ2n) is 3.14. The van der Waals surface area contributed by atoms with Crippen molar-refractivity contribution in [1.29, 1.82) is 0 Å². The third-order valence-corrected chi connectivity index (χ3v) is 1.70. The molecule has 0 aliphatic rings. The largest absolute Gasteiger partial charge is 0.103 e. The molecule has 0 aromatic rings. The van der Waals surface area contributed by atoms with E-state index in [0.717, 1.165) is 6.42 Å². The summed E-state index contributed by atoms with van der Waals surface area (Å²) in [7, 11) is 0. The lowest BCUT2D eigenvalue weighted by molar-refractivity contribution is 0.656. The van der Waals surface area contributed by atoms with Crippen LogP contribution in [0.15, 0.2) is 12.7 Å². The van der Waals surface area contributed by atoms with E-state index >= 15 is 0 Å². The molecule has 0 aliphatic carbocycles. The average Bonchev–Trinajstić information content (AvgIpc) is 2.08. The van der Waals surface area contributed by atoms with Crippen LogP contribution in [0.5, 0.6) is 0 Å². The van der Waals surface area contributed by atoms with Gasteiger partial charge in [0, 0.05) is 0 Å². The fraction of sp³-hybridized carbons (Fsp3) is 0.846. The Morgan fingerprint density at radius 3 is 1.46 bits per heavy atom. The van der Waals surface area contributed by atoms with Crippen LogP contribution in [0.2, 0.25) is 0 Å². The highest BCUT2D eigenvalue weighted by Gasteiger charge is 1.80. The van der Waals surface area contributed by atoms with Crippen molar-refractivity contribution in [2.24, 2.45) is 0 Å². The van der Waals surface area contributed by atoms with Gasteiger partial charge in [-0.25, -0.2) is 0 Å². The summed E-state index contributed by atoms with van der Waals surface area (Å²) in [6.45, 7) is 10.2. The summed E-state index contributed by atoms with van der Waals surface area (Å²) < 4.78 is 0. The van der Waals surface area contributed by atoms with Gasteiger partial charge in [0.2, 0.25) is 0 Å². The monoisotopic (exact) mass is 186 g/mol. The third kappa shape index (κ3) is 33.8. The van der Waals surface area contributed by atoms with Gasteiger partial charge in [-0.15, -0.1) is 6.58 Å². The lowest BCUT2D eigenvalue weighted by Gasteiger charge is -1.90. The van der Waals surface area contributed by atoms with E-state index in [4.69, 9.17) is 0 Å². The first kappa shape index (κ1) is 18.5. The highest BCUT2D eigenvalue weighted by atomic mass is 13.9. The molecule has 0 aromatic heterocycles. The maximum absolute atomic E-state index is 3.55. The molecule has 0 amide bonds. The Balaban J connectivity index is -0.000000150. The van der Waals surface area contributed by atoms with Crippen molar-refractivity contribution in [3.63, 3.8) is 0 Å². The fourth-order valence-corrected chi connectivity index (χ4v) is 0.881. The molecule has 0 heterocycles. The molecule has 0 heteroatoms. The Labute approximate surface area is 86.4 Å². The van der Waals surface area contributed by atoms with Crippen LogP contribution in [0.1, 0.15) is 73.1 Å². The van der Waals surface area contributed by atoms with E-state index in [-0.39, 0.29) is 7.43 Å². The SMILES string of the molecule is C.C=CCCC.CCCCCCC. The third-order valence-electron chi connectivity index (χ3n) is 1.70. The van der Waals surface area contributed by atoms with Gasteiger partial charge < -0.3 is 0 Å². The Morgan fingerprint density at radius 1 is 0.846 bits per heavy atom. The van der Waals surface area contributed by atoms with Crippen LogP contribution >= 0.6 is 0 Å². The van der Waals surface area contributed by atoms with E-state index in [1.807, 2.05) is 6.08 Å². The van der Waals surface area contributed by atoms with Gasteiger partial charge in [-0.05, 0) is 6.42 Å². The predicted molar refractivity (Wildman–Crippen MR) is 66.3 cm³/mol. The molecule has 0 aromatic carbocycles. The highest BCUT2D eigenvalue weighted by Crippen LogP contribution is 2.00. The van der Waals surface area contributed by atoms with Crippen LogP contribution in [-0.2, 0) is 0 Å². The smallest absolute Gasteiger partial charge is 0.0356 e. The summed E-state index contributed by atoms with van der Waals surface area (Å²) >= 11 is 0. The quantitative estimate of drug-likeness (QED) is 0.375. The van der Waals surface area contributed by atoms with E-state index in [0.29, 0.717) is 0 Å². The van der Waals surface area contributed by atoms with Gasteiger partial charge in [-0.1, -0.05) is 72.8 Å². The highest BCUT2D eigenvalue weighted by molar-refractivity contribution is 4.63. The molecule has 0 fully saturated rings. The fourth-order valence-electron chi connectivity index (χ4n) is 0.881. The summed E-state index contributed by atoms with van der Waals surface area (Å²) in [6.07, 6.45) is 11.3. The van der Waals surface area contributed by atoms with Crippen molar-refractivity contribution in [3.05, 3.63) is 12.7 Å². The van der Waals surface area contributed by atoms with E-state index < -0.39 is 0 Å². The standard InChI is InChI=1S/C7H16.C5H10.CH4/c1-3-5-7-6-4-2;1-3-5-4-2;/h3-7H2,1-2H3;3H,1,4-5H2,2H3;1H4. The van der Waals surface area contributed by atoms with Gasteiger partial charge in [0.15, 0.2) is 0 Å². The first-order chi connectivity index (χ1) is 5.83.